The third kappa shape index (κ3) is 4.77. The van der Waals surface area contributed by atoms with Gasteiger partial charge in [-0.1, -0.05) is 48.5 Å². The van der Waals surface area contributed by atoms with Crippen molar-refractivity contribution in [2.45, 2.75) is 37.6 Å². The van der Waals surface area contributed by atoms with Gasteiger partial charge in [-0.2, -0.15) is 0 Å². The Balaban J connectivity index is 1.20. The molecule has 2 aliphatic carbocycles. The summed E-state index contributed by atoms with van der Waals surface area (Å²) in [6.45, 7) is 1.92. The molecule has 1 unspecified atom stereocenters. The predicted molar refractivity (Wildman–Crippen MR) is 132 cm³/mol. The average molecular weight is 492 g/mol. The van der Waals surface area contributed by atoms with Crippen LogP contribution in [-0.2, 0) is 9.53 Å². The Bertz CT molecular complexity index is 1260. The van der Waals surface area contributed by atoms with Crippen LogP contribution < -0.4 is 10.6 Å². The smallest absolute Gasteiger partial charge is 0.413 e. The number of rotatable bonds is 8. The molecule has 3 N–H and O–H groups in total. The Kier molecular flexibility index (Phi) is 6.02. The number of anilines is 1. The molecule has 0 radical (unpaired) electrons. The summed E-state index contributed by atoms with van der Waals surface area (Å²) in [5.41, 5.74) is 3.83. The summed E-state index contributed by atoms with van der Waals surface area (Å²) in [7, 11) is 0. The molecule has 5 rings (SSSR count). The Labute approximate surface area is 206 Å². The van der Waals surface area contributed by atoms with Crippen LogP contribution in [0.5, 0.6) is 0 Å². The molecule has 3 aromatic rings. The zero-order valence-electron chi connectivity index (χ0n) is 19.1. The second kappa shape index (κ2) is 9.14. The van der Waals surface area contributed by atoms with E-state index in [2.05, 4.69) is 27.8 Å². The summed E-state index contributed by atoms with van der Waals surface area (Å²) in [5, 5.41) is 16.4. The SMILES string of the molecule is CC(CC(=O)O)(NC(=O)c1csc(NC(=O)OCC2c3ccccc3-c3ccccc32)n1)C1CC1. The van der Waals surface area contributed by atoms with E-state index in [-0.39, 0.29) is 35.7 Å². The molecule has 8 nitrogen and oxygen atoms in total. The number of aliphatic carboxylic acids is 1. The molecular formula is C26H25N3O5S. The first-order valence-electron chi connectivity index (χ1n) is 11.5. The van der Waals surface area contributed by atoms with Crippen molar-refractivity contribution in [1.29, 1.82) is 0 Å². The van der Waals surface area contributed by atoms with Crippen LogP contribution in [-0.4, -0.2) is 40.2 Å². The molecule has 2 aliphatic rings. The number of nitrogens with zero attached hydrogens (tertiary/aromatic N) is 1. The van der Waals surface area contributed by atoms with Gasteiger partial charge in [-0.15, -0.1) is 11.3 Å². The maximum absolute atomic E-state index is 12.7. The number of thiazole rings is 1. The van der Waals surface area contributed by atoms with Gasteiger partial charge in [-0.25, -0.2) is 9.78 Å². The minimum absolute atomic E-state index is 0.0554. The molecule has 9 heteroatoms. The number of aromatic nitrogens is 1. The van der Waals surface area contributed by atoms with E-state index in [1.807, 2.05) is 36.4 Å². The Morgan fingerprint density at radius 3 is 2.31 bits per heavy atom. The lowest BCUT2D eigenvalue weighted by Gasteiger charge is -2.29. The number of carbonyl (C=O) groups is 3. The number of nitrogens with one attached hydrogen (secondary N) is 2. The number of benzene rings is 2. The fourth-order valence-corrected chi connectivity index (χ4v) is 5.48. The second-order valence-corrected chi connectivity index (χ2v) is 10.1. The van der Waals surface area contributed by atoms with Crippen LogP contribution in [0.3, 0.4) is 0 Å². The number of fused-ring (bicyclic) bond motifs is 3. The van der Waals surface area contributed by atoms with Gasteiger partial charge in [0.05, 0.1) is 12.0 Å². The molecule has 0 bridgehead atoms. The fourth-order valence-electron chi connectivity index (χ4n) is 4.81. The van der Waals surface area contributed by atoms with Crippen molar-refractivity contribution in [1.82, 2.24) is 10.3 Å². The molecule has 1 fully saturated rings. The van der Waals surface area contributed by atoms with E-state index >= 15 is 0 Å². The number of hydrogen-bond acceptors (Lipinski definition) is 6. The largest absolute Gasteiger partial charge is 0.481 e. The van der Waals surface area contributed by atoms with Crippen molar-refractivity contribution < 1.29 is 24.2 Å². The average Bonchev–Trinajstić information content (AvgIpc) is 3.51. The van der Waals surface area contributed by atoms with Crippen molar-refractivity contribution in [3.63, 3.8) is 0 Å². The number of carbonyl (C=O) groups excluding carboxylic acids is 2. The lowest BCUT2D eigenvalue weighted by Crippen LogP contribution is -2.49. The van der Waals surface area contributed by atoms with Crippen LogP contribution in [0.25, 0.3) is 11.1 Å². The van der Waals surface area contributed by atoms with Gasteiger partial charge < -0.3 is 15.2 Å². The van der Waals surface area contributed by atoms with Gasteiger partial charge >= 0.3 is 12.1 Å². The molecule has 180 valence electrons. The first-order valence-corrected chi connectivity index (χ1v) is 12.3. The van der Waals surface area contributed by atoms with Crippen molar-refractivity contribution >= 4 is 34.4 Å². The van der Waals surface area contributed by atoms with Crippen molar-refractivity contribution in [2.75, 3.05) is 11.9 Å². The van der Waals surface area contributed by atoms with E-state index in [4.69, 9.17) is 4.74 Å². The topological polar surface area (TPSA) is 118 Å². The number of hydrogen-bond donors (Lipinski definition) is 3. The van der Waals surface area contributed by atoms with E-state index in [9.17, 15) is 19.5 Å². The van der Waals surface area contributed by atoms with Crippen LogP contribution >= 0.6 is 11.3 Å². The predicted octanol–water partition coefficient (Wildman–Crippen LogP) is 4.88. The lowest BCUT2D eigenvalue weighted by atomic mass is 9.91. The van der Waals surface area contributed by atoms with Crippen molar-refractivity contribution in [3.05, 3.63) is 70.7 Å². The molecule has 1 atom stereocenters. The minimum Gasteiger partial charge on any atom is -0.481 e. The van der Waals surface area contributed by atoms with Crippen LogP contribution in [0.4, 0.5) is 9.93 Å². The molecule has 0 saturated heterocycles. The normalized spacial score (nSPS) is 16.0. The maximum atomic E-state index is 12.7. The zero-order chi connectivity index (χ0) is 24.6. The molecule has 35 heavy (non-hydrogen) atoms. The fraction of sp³-hybridized carbons (Fsp3) is 0.308. The number of ether oxygens (including phenoxy) is 1. The van der Waals surface area contributed by atoms with E-state index in [1.54, 1.807) is 6.92 Å². The molecule has 2 aromatic carbocycles. The molecular weight excluding hydrogens is 466 g/mol. The van der Waals surface area contributed by atoms with E-state index in [1.165, 1.54) is 5.38 Å². The summed E-state index contributed by atoms with van der Waals surface area (Å²) in [5.74, 6) is -1.34. The van der Waals surface area contributed by atoms with Gasteiger partial charge in [-0.05, 0) is 47.9 Å². The number of carboxylic acids is 1. The van der Waals surface area contributed by atoms with Crippen LogP contribution in [0.2, 0.25) is 0 Å². The third-order valence-corrected chi connectivity index (χ3v) is 7.44. The highest BCUT2D eigenvalue weighted by molar-refractivity contribution is 7.14. The minimum atomic E-state index is -0.962. The first kappa shape index (κ1) is 23.0. The molecule has 0 aliphatic heterocycles. The summed E-state index contributed by atoms with van der Waals surface area (Å²) in [6, 6.07) is 16.2. The standard InChI is InChI=1S/C26H25N3O5S/c1-26(12-22(30)31,15-10-11-15)29-23(32)21-14-35-24(27-21)28-25(33)34-13-20-18-8-4-2-6-16(18)17-7-3-5-9-19(17)20/h2-9,14-15,20H,10-13H2,1H3,(H,29,32)(H,30,31)(H,27,28,33). The monoisotopic (exact) mass is 491 g/mol. The highest BCUT2D eigenvalue weighted by Crippen LogP contribution is 2.44. The van der Waals surface area contributed by atoms with Gasteiger partial charge in [0.2, 0.25) is 0 Å². The van der Waals surface area contributed by atoms with E-state index in [0.717, 1.165) is 46.4 Å². The molecule has 2 amide bonds. The quantitative estimate of drug-likeness (QED) is 0.414. The molecule has 1 heterocycles. The Hall–Kier alpha value is -3.72. The van der Waals surface area contributed by atoms with Gasteiger partial charge in [0.25, 0.3) is 5.91 Å². The number of carboxylic acid groups (broad SMARTS) is 1. The van der Waals surface area contributed by atoms with Crippen LogP contribution in [0.15, 0.2) is 53.9 Å². The molecule has 0 spiro atoms. The van der Waals surface area contributed by atoms with E-state index in [0.29, 0.717) is 0 Å². The van der Waals surface area contributed by atoms with Crippen LogP contribution in [0, 0.1) is 5.92 Å². The van der Waals surface area contributed by atoms with Crippen LogP contribution in [0.1, 0.15) is 53.7 Å². The highest BCUT2D eigenvalue weighted by Gasteiger charge is 2.44. The second-order valence-electron chi connectivity index (χ2n) is 9.20. The summed E-state index contributed by atoms with van der Waals surface area (Å²) >= 11 is 1.11. The highest BCUT2D eigenvalue weighted by atomic mass is 32.1. The molecule has 1 aromatic heterocycles. The lowest BCUT2D eigenvalue weighted by molar-refractivity contribution is -0.138. The van der Waals surface area contributed by atoms with Gasteiger partial charge in [-0.3, -0.25) is 14.9 Å². The van der Waals surface area contributed by atoms with E-state index < -0.39 is 23.5 Å². The first-order chi connectivity index (χ1) is 16.8. The third-order valence-electron chi connectivity index (χ3n) is 6.69. The Morgan fingerprint density at radius 2 is 1.71 bits per heavy atom. The van der Waals surface area contributed by atoms with Crippen molar-refractivity contribution in [2.24, 2.45) is 5.92 Å². The zero-order valence-corrected chi connectivity index (χ0v) is 19.9. The number of amides is 2. The Morgan fingerprint density at radius 1 is 1.09 bits per heavy atom. The summed E-state index contributed by atoms with van der Waals surface area (Å²) in [4.78, 5) is 40.6. The van der Waals surface area contributed by atoms with Gasteiger partial charge in [0, 0.05) is 11.3 Å². The van der Waals surface area contributed by atoms with Crippen molar-refractivity contribution in [3.8, 4) is 11.1 Å². The molecule has 1 saturated carbocycles. The summed E-state index contributed by atoms with van der Waals surface area (Å²) < 4.78 is 5.53. The van der Waals surface area contributed by atoms with Gasteiger partial charge in [0.1, 0.15) is 12.3 Å². The summed E-state index contributed by atoms with van der Waals surface area (Å²) in [6.07, 6.45) is 0.964. The maximum Gasteiger partial charge on any atom is 0.413 e. The van der Waals surface area contributed by atoms with Gasteiger partial charge in [0.15, 0.2) is 5.13 Å².